The largest absolute Gasteiger partial charge is 0.444 e. The van der Waals surface area contributed by atoms with Gasteiger partial charge in [0, 0.05) is 38.3 Å². The molecule has 0 aromatic heterocycles. The predicted octanol–water partition coefficient (Wildman–Crippen LogP) is 1.74. The molecule has 8 nitrogen and oxygen atoms in total. The lowest BCUT2D eigenvalue weighted by atomic mass is 10.1. The van der Waals surface area contributed by atoms with E-state index in [0.717, 1.165) is 5.96 Å². The Labute approximate surface area is 176 Å². The first-order chi connectivity index (χ1) is 14.1. The predicted molar refractivity (Wildman–Crippen MR) is 112 cm³/mol. The topological polar surface area (TPSA) is 86.3 Å². The molecule has 3 rings (SSSR count). The maximum Gasteiger partial charge on any atom is 0.410 e. The number of halogens is 1. The smallest absolute Gasteiger partial charge is 0.410 e. The molecular formula is C21H30FN5O3. The van der Waals surface area contributed by atoms with Crippen LogP contribution in [-0.2, 0) is 4.74 Å². The fourth-order valence-corrected chi connectivity index (χ4v) is 3.41. The summed E-state index contributed by atoms with van der Waals surface area (Å²) in [6.45, 7) is 10.5. The number of hydrogen-bond donors (Lipinski definition) is 2. The van der Waals surface area contributed by atoms with E-state index in [0.29, 0.717) is 50.4 Å². The summed E-state index contributed by atoms with van der Waals surface area (Å²) in [6, 6.07) is 4.57. The molecule has 1 aromatic rings. The second-order valence-corrected chi connectivity index (χ2v) is 8.58. The molecule has 1 atom stereocenters. The van der Waals surface area contributed by atoms with Crippen molar-refractivity contribution in [3.8, 4) is 0 Å². The average molecular weight is 420 g/mol. The van der Waals surface area contributed by atoms with Gasteiger partial charge in [-0.15, -0.1) is 0 Å². The fourth-order valence-electron chi connectivity index (χ4n) is 3.41. The number of hydrogen-bond acceptors (Lipinski definition) is 6. The van der Waals surface area contributed by atoms with Crippen LogP contribution in [-0.4, -0.2) is 78.7 Å². The number of carbonyl (C=O) groups is 2. The summed E-state index contributed by atoms with van der Waals surface area (Å²) < 4.78 is 19.1. The third-order valence-electron chi connectivity index (χ3n) is 4.99. The lowest BCUT2D eigenvalue weighted by Gasteiger charge is -2.39. The number of amides is 2. The van der Waals surface area contributed by atoms with Crippen molar-refractivity contribution in [1.29, 1.82) is 0 Å². The van der Waals surface area contributed by atoms with Gasteiger partial charge in [-0.3, -0.25) is 9.79 Å². The second kappa shape index (κ2) is 8.89. The van der Waals surface area contributed by atoms with Crippen LogP contribution in [0.4, 0.5) is 9.18 Å². The van der Waals surface area contributed by atoms with Gasteiger partial charge in [0.15, 0.2) is 5.96 Å². The van der Waals surface area contributed by atoms with E-state index in [-0.39, 0.29) is 18.0 Å². The summed E-state index contributed by atoms with van der Waals surface area (Å²) in [7, 11) is 0. The normalized spacial score (nSPS) is 18.6. The van der Waals surface area contributed by atoms with Gasteiger partial charge in [-0.2, -0.15) is 0 Å². The molecule has 0 radical (unpaired) electrons. The van der Waals surface area contributed by atoms with Crippen molar-refractivity contribution in [2.24, 2.45) is 4.99 Å². The highest BCUT2D eigenvalue weighted by Gasteiger charge is 2.36. The van der Waals surface area contributed by atoms with Crippen molar-refractivity contribution in [1.82, 2.24) is 20.4 Å². The highest BCUT2D eigenvalue weighted by atomic mass is 19.1. The molecule has 2 aliphatic rings. The van der Waals surface area contributed by atoms with E-state index in [2.05, 4.69) is 20.5 Å². The monoisotopic (exact) mass is 419 g/mol. The zero-order valence-electron chi connectivity index (χ0n) is 18.0. The van der Waals surface area contributed by atoms with E-state index in [1.807, 2.05) is 20.8 Å². The van der Waals surface area contributed by atoms with Gasteiger partial charge in [0.25, 0.3) is 5.91 Å². The molecular weight excluding hydrogens is 389 g/mol. The molecule has 1 saturated heterocycles. The van der Waals surface area contributed by atoms with Crippen LogP contribution in [0, 0.1) is 12.7 Å². The summed E-state index contributed by atoms with van der Waals surface area (Å²) in [5, 5.41) is 6.02. The van der Waals surface area contributed by atoms with Crippen LogP contribution in [0.5, 0.6) is 0 Å². The standard InChI is InChI=1S/C21H30FN5O3/c1-14-5-6-15(11-17(14)22)18(28)23-7-8-24-19-25-12-16-13-26(9-10-27(16)19)20(29)30-21(2,3)4/h5-6,11,16H,7-10,12-13H2,1-4H3,(H,23,28)(H,24,25). The number of guanidine groups is 1. The number of fused-ring (bicyclic) bond motifs is 1. The molecule has 1 aromatic carbocycles. The Morgan fingerprint density at radius 3 is 2.73 bits per heavy atom. The van der Waals surface area contributed by atoms with Gasteiger partial charge >= 0.3 is 6.09 Å². The fraction of sp³-hybridized carbons (Fsp3) is 0.571. The van der Waals surface area contributed by atoms with Crippen LogP contribution in [0.2, 0.25) is 0 Å². The maximum absolute atomic E-state index is 13.6. The Morgan fingerprint density at radius 1 is 1.27 bits per heavy atom. The molecule has 0 aliphatic carbocycles. The summed E-state index contributed by atoms with van der Waals surface area (Å²) >= 11 is 0. The van der Waals surface area contributed by atoms with Gasteiger partial charge in [0.1, 0.15) is 11.4 Å². The number of nitrogens with one attached hydrogen (secondary N) is 2. The molecule has 9 heteroatoms. The van der Waals surface area contributed by atoms with Crippen molar-refractivity contribution in [2.45, 2.75) is 39.3 Å². The Kier molecular flexibility index (Phi) is 6.48. The van der Waals surface area contributed by atoms with Crippen LogP contribution in [0.3, 0.4) is 0 Å². The number of nitrogens with zero attached hydrogens (tertiary/aromatic N) is 3. The van der Waals surface area contributed by atoms with Crippen LogP contribution in [0.15, 0.2) is 23.2 Å². The van der Waals surface area contributed by atoms with E-state index < -0.39 is 11.4 Å². The van der Waals surface area contributed by atoms with Gasteiger partial charge in [-0.25, -0.2) is 9.18 Å². The first-order valence-electron chi connectivity index (χ1n) is 10.2. The van der Waals surface area contributed by atoms with Gasteiger partial charge < -0.3 is 25.2 Å². The highest BCUT2D eigenvalue weighted by Crippen LogP contribution is 2.18. The van der Waals surface area contributed by atoms with Crippen LogP contribution in [0.1, 0.15) is 36.7 Å². The molecule has 1 unspecified atom stereocenters. The molecule has 0 saturated carbocycles. The van der Waals surface area contributed by atoms with Crippen molar-refractivity contribution in [3.05, 3.63) is 35.1 Å². The molecule has 0 bridgehead atoms. The number of benzene rings is 1. The summed E-state index contributed by atoms with van der Waals surface area (Å²) in [6.07, 6.45) is -0.293. The Balaban J connectivity index is 1.41. The lowest BCUT2D eigenvalue weighted by Crippen LogP contribution is -2.57. The average Bonchev–Trinajstić information content (AvgIpc) is 3.08. The quantitative estimate of drug-likeness (QED) is 0.726. The van der Waals surface area contributed by atoms with Crippen molar-refractivity contribution < 1.29 is 18.7 Å². The molecule has 164 valence electrons. The summed E-state index contributed by atoms with van der Waals surface area (Å²) in [4.78, 5) is 32.8. The number of aryl methyl sites for hydroxylation is 1. The van der Waals surface area contributed by atoms with E-state index in [9.17, 15) is 14.0 Å². The number of piperazine rings is 1. The molecule has 0 spiro atoms. The zero-order chi connectivity index (χ0) is 21.9. The van der Waals surface area contributed by atoms with Gasteiger partial charge in [-0.1, -0.05) is 6.07 Å². The number of ether oxygens (including phenoxy) is 1. The molecule has 2 heterocycles. The van der Waals surface area contributed by atoms with E-state index in [1.165, 1.54) is 6.07 Å². The Morgan fingerprint density at radius 2 is 2.03 bits per heavy atom. The lowest BCUT2D eigenvalue weighted by molar-refractivity contribution is 0.0137. The van der Waals surface area contributed by atoms with Crippen LogP contribution < -0.4 is 10.6 Å². The molecule has 2 N–H and O–H groups in total. The van der Waals surface area contributed by atoms with Crippen molar-refractivity contribution in [2.75, 3.05) is 39.3 Å². The van der Waals surface area contributed by atoms with Crippen molar-refractivity contribution >= 4 is 18.0 Å². The van der Waals surface area contributed by atoms with Crippen molar-refractivity contribution in [3.63, 3.8) is 0 Å². The SMILES string of the molecule is Cc1ccc(C(=O)NCCNC2=NCC3CN(C(=O)OC(C)(C)C)CCN23)cc1F. The minimum atomic E-state index is -0.512. The summed E-state index contributed by atoms with van der Waals surface area (Å²) in [5.74, 6) is 0.0741. The number of rotatable bonds is 4. The number of carbonyl (C=O) groups excluding carboxylic acids is 2. The zero-order valence-corrected chi connectivity index (χ0v) is 18.0. The van der Waals surface area contributed by atoms with Crippen LogP contribution >= 0.6 is 0 Å². The van der Waals surface area contributed by atoms with E-state index in [4.69, 9.17) is 4.74 Å². The second-order valence-electron chi connectivity index (χ2n) is 8.58. The molecule has 1 fully saturated rings. The minimum Gasteiger partial charge on any atom is -0.444 e. The minimum absolute atomic E-state index is 0.124. The van der Waals surface area contributed by atoms with E-state index >= 15 is 0 Å². The van der Waals surface area contributed by atoms with Gasteiger partial charge in [0.05, 0.1) is 12.6 Å². The molecule has 2 aliphatic heterocycles. The Hall–Kier alpha value is -2.84. The summed E-state index contributed by atoms with van der Waals surface area (Å²) in [5.41, 5.74) is 0.297. The first-order valence-corrected chi connectivity index (χ1v) is 10.2. The van der Waals surface area contributed by atoms with Gasteiger partial charge in [-0.05, 0) is 45.4 Å². The van der Waals surface area contributed by atoms with E-state index in [1.54, 1.807) is 24.0 Å². The molecule has 30 heavy (non-hydrogen) atoms. The molecule has 2 amide bonds. The third kappa shape index (κ3) is 5.40. The highest BCUT2D eigenvalue weighted by molar-refractivity contribution is 5.94. The first kappa shape index (κ1) is 21.9. The third-order valence-corrected chi connectivity index (χ3v) is 4.99. The number of aliphatic imine (C=N–C) groups is 1. The maximum atomic E-state index is 13.6. The van der Waals surface area contributed by atoms with Crippen LogP contribution in [0.25, 0.3) is 0 Å². The Bertz CT molecular complexity index is 836. The van der Waals surface area contributed by atoms with Gasteiger partial charge in [0.2, 0.25) is 0 Å².